The lowest BCUT2D eigenvalue weighted by molar-refractivity contribution is 0.174. The molecule has 0 fully saturated rings. The molecular formula is C25H19ClFN3O3. The Labute approximate surface area is 193 Å². The molecule has 6 rings (SSSR count). The van der Waals surface area contributed by atoms with E-state index in [-0.39, 0.29) is 18.6 Å². The zero-order chi connectivity index (χ0) is 22.5. The van der Waals surface area contributed by atoms with Gasteiger partial charge >= 0.3 is 6.03 Å². The molecule has 1 aromatic heterocycles. The third-order valence-corrected chi connectivity index (χ3v) is 6.39. The van der Waals surface area contributed by atoms with E-state index in [0.29, 0.717) is 35.2 Å². The molecule has 0 spiro atoms. The summed E-state index contributed by atoms with van der Waals surface area (Å²) in [4.78, 5) is 18.7. The monoisotopic (exact) mass is 463 g/mol. The first-order chi connectivity index (χ1) is 16.1. The fourth-order valence-electron chi connectivity index (χ4n) is 4.64. The van der Waals surface area contributed by atoms with E-state index < -0.39 is 6.04 Å². The maximum absolute atomic E-state index is 13.7. The minimum Gasteiger partial charge on any atom is -0.454 e. The van der Waals surface area contributed by atoms with Gasteiger partial charge in [0, 0.05) is 39.9 Å². The number of anilines is 1. The van der Waals surface area contributed by atoms with Crippen molar-refractivity contribution in [2.24, 2.45) is 0 Å². The fraction of sp³-hybridized carbons (Fsp3) is 0.160. The number of H-pyrrole nitrogens is 1. The lowest BCUT2D eigenvalue weighted by Gasteiger charge is -2.36. The predicted molar refractivity (Wildman–Crippen MR) is 124 cm³/mol. The maximum atomic E-state index is 13.7. The zero-order valence-electron chi connectivity index (χ0n) is 17.4. The van der Waals surface area contributed by atoms with E-state index in [1.807, 2.05) is 18.2 Å². The Bertz CT molecular complexity index is 1390. The van der Waals surface area contributed by atoms with Crippen LogP contribution in [0.1, 0.15) is 22.9 Å². The number of hydrogen-bond acceptors (Lipinski definition) is 3. The van der Waals surface area contributed by atoms with E-state index in [1.54, 1.807) is 35.2 Å². The van der Waals surface area contributed by atoms with E-state index in [9.17, 15) is 9.18 Å². The smallest absolute Gasteiger partial charge is 0.322 e. The van der Waals surface area contributed by atoms with Gasteiger partial charge in [0.2, 0.25) is 6.79 Å². The lowest BCUT2D eigenvalue weighted by Crippen LogP contribution is -2.43. The first-order valence-corrected chi connectivity index (χ1v) is 11.0. The summed E-state index contributed by atoms with van der Waals surface area (Å²) in [5, 5.41) is 4.67. The first kappa shape index (κ1) is 19.9. The maximum Gasteiger partial charge on any atom is 0.322 e. The average Bonchev–Trinajstić information content (AvgIpc) is 3.43. The number of amides is 2. The topological polar surface area (TPSA) is 66.6 Å². The van der Waals surface area contributed by atoms with E-state index in [2.05, 4.69) is 10.3 Å². The van der Waals surface area contributed by atoms with Gasteiger partial charge in [-0.25, -0.2) is 9.18 Å². The third-order valence-electron chi connectivity index (χ3n) is 6.16. The summed E-state index contributed by atoms with van der Waals surface area (Å²) < 4.78 is 24.4. The van der Waals surface area contributed by atoms with Gasteiger partial charge in [-0.15, -0.1) is 0 Å². The summed E-state index contributed by atoms with van der Waals surface area (Å²) in [5.74, 6) is 0.919. The standard InChI is InChI=1S/C25H19ClFN3O3/c26-15-3-7-20-19(11-15)18-9-10-30(24(23(18)29-20)14-1-4-16(27)5-2-14)25(31)28-17-6-8-21-22(12-17)33-13-32-21/h1-8,11-12,24,29H,9-10,13H2,(H,28,31)/t24-/m0/s1. The second kappa shape index (κ2) is 7.71. The number of ether oxygens (including phenoxy) is 2. The molecule has 3 heterocycles. The Morgan fingerprint density at radius 2 is 1.88 bits per heavy atom. The Hall–Kier alpha value is -3.71. The highest BCUT2D eigenvalue weighted by molar-refractivity contribution is 6.31. The zero-order valence-corrected chi connectivity index (χ0v) is 18.2. The van der Waals surface area contributed by atoms with Crippen LogP contribution in [0.25, 0.3) is 10.9 Å². The van der Waals surface area contributed by atoms with E-state index >= 15 is 0 Å². The minimum atomic E-state index is -0.408. The Balaban J connectivity index is 1.40. The van der Waals surface area contributed by atoms with Crippen LogP contribution < -0.4 is 14.8 Å². The van der Waals surface area contributed by atoms with Crippen LogP contribution in [-0.4, -0.2) is 29.3 Å². The van der Waals surface area contributed by atoms with Crippen molar-refractivity contribution in [1.29, 1.82) is 0 Å². The van der Waals surface area contributed by atoms with Crippen LogP contribution >= 0.6 is 11.6 Å². The number of halogens is 2. The van der Waals surface area contributed by atoms with Gasteiger partial charge in [-0.05, 0) is 60.0 Å². The molecule has 2 aliphatic heterocycles. The number of rotatable bonds is 2. The lowest BCUT2D eigenvalue weighted by atomic mass is 9.92. The molecule has 2 aliphatic rings. The van der Waals surface area contributed by atoms with Crippen molar-refractivity contribution in [2.75, 3.05) is 18.7 Å². The first-order valence-electron chi connectivity index (χ1n) is 10.6. The molecule has 6 nitrogen and oxygen atoms in total. The van der Waals surface area contributed by atoms with Gasteiger partial charge in [0.05, 0.1) is 6.04 Å². The van der Waals surface area contributed by atoms with Crippen LogP contribution in [0.3, 0.4) is 0 Å². The van der Waals surface area contributed by atoms with E-state index in [0.717, 1.165) is 27.7 Å². The number of hydrogen-bond donors (Lipinski definition) is 2. The average molecular weight is 464 g/mol. The molecule has 4 aromatic rings. The van der Waals surface area contributed by atoms with Crippen LogP contribution in [0.2, 0.25) is 5.02 Å². The van der Waals surface area contributed by atoms with Crippen molar-refractivity contribution in [2.45, 2.75) is 12.5 Å². The molecule has 8 heteroatoms. The van der Waals surface area contributed by atoms with Crippen molar-refractivity contribution in [3.05, 3.63) is 88.3 Å². The van der Waals surface area contributed by atoms with Gasteiger partial charge in [0.1, 0.15) is 5.82 Å². The van der Waals surface area contributed by atoms with Gasteiger partial charge in [0.15, 0.2) is 11.5 Å². The van der Waals surface area contributed by atoms with Gasteiger partial charge in [-0.1, -0.05) is 23.7 Å². The predicted octanol–water partition coefficient (Wildman–Crippen LogP) is 5.87. The van der Waals surface area contributed by atoms with Gasteiger partial charge in [-0.2, -0.15) is 0 Å². The number of aromatic amines is 1. The summed E-state index contributed by atoms with van der Waals surface area (Å²) in [5.41, 5.74) is 4.40. The SMILES string of the molecule is O=C(Nc1ccc2c(c1)OCO2)N1CCc2c([nH]c3ccc(Cl)cc23)[C@@H]1c1ccc(F)cc1. The normalized spacial score (nSPS) is 16.7. The molecule has 0 saturated heterocycles. The Morgan fingerprint density at radius 3 is 2.73 bits per heavy atom. The number of aromatic nitrogens is 1. The molecule has 3 aromatic carbocycles. The van der Waals surface area contributed by atoms with Crippen molar-refractivity contribution in [1.82, 2.24) is 9.88 Å². The fourth-order valence-corrected chi connectivity index (χ4v) is 4.81. The van der Waals surface area contributed by atoms with E-state index in [4.69, 9.17) is 21.1 Å². The van der Waals surface area contributed by atoms with Gasteiger partial charge in [0.25, 0.3) is 0 Å². The number of carbonyl (C=O) groups excluding carboxylic acids is 1. The number of urea groups is 1. The molecule has 0 aliphatic carbocycles. The molecule has 166 valence electrons. The van der Waals surface area contributed by atoms with Crippen LogP contribution in [0.4, 0.5) is 14.9 Å². The number of nitrogens with one attached hydrogen (secondary N) is 2. The van der Waals surface area contributed by atoms with Crippen LogP contribution in [0, 0.1) is 5.82 Å². The molecular weight excluding hydrogens is 445 g/mol. The molecule has 0 radical (unpaired) electrons. The third kappa shape index (κ3) is 3.45. The van der Waals surface area contributed by atoms with Crippen LogP contribution in [0.5, 0.6) is 11.5 Å². The molecule has 0 saturated carbocycles. The molecule has 2 N–H and O–H groups in total. The summed E-state index contributed by atoms with van der Waals surface area (Å²) in [7, 11) is 0. The number of nitrogens with zero attached hydrogens (tertiary/aromatic N) is 1. The van der Waals surface area contributed by atoms with Crippen LogP contribution in [-0.2, 0) is 6.42 Å². The second-order valence-electron chi connectivity index (χ2n) is 8.10. The quantitative estimate of drug-likeness (QED) is 0.391. The van der Waals surface area contributed by atoms with Crippen LogP contribution in [0.15, 0.2) is 60.7 Å². The van der Waals surface area contributed by atoms with Crippen molar-refractivity contribution < 1.29 is 18.7 Å². The second-order valence-corrected chi connectivity index (χ2v) is 8.54. The number of benzene rings is 3. The van der Waals surface area contributed by atoms with E-state index in [1.165, 1.54) is 12.1 Å². The highest BCUT2D eigenvalue weighted by atomic mass is 35.5. The number of fused-ring (bicyclic) bond motifs is 4. The highest BCUT2D eigenvalue weighted by Gasteiger charge is 2.35. The summed E-state index contributed by atoms with van der Waals surface area (Å²) >= 11 is 6.25. The minimum absolute atomic E-state index is 0.165. The molecule has 0 bridgehead atoms. The number of carbonyl (C=O) groups is 1. The molecule has 0 unspecified atom stereocenters. The molecule has 1 atom stereocenters. The van der Waals surface area contributed by atoms with Crippen molar-refractivity contribution >= 4 is 34.2 Å². The largest absolute Gasteiger partial charge is 0.454 e. The van der Waals surface area contributed by atoms with Gasteiger partial charge in [-0.3, -0.25) is 0 Å². The molecule has 2 amide bonds. The summed E-state index contributed by atoms with van der Waals surface area (Å²) in [6.07, 6.45) is 0.669. The van der Waals surface area contributed by atoms with Gasteiger partial charge < -0.3 is 24.7 Å². The molecule has 33 heavy (non-hydrogen) atoms. The van der Waals surface area contributed by atoms with Crippen molar-refractivity contribution in [3.8, 4) is 11.5 Å². The highest BCUT2D eigenvalue weighted by Crippen LogP contribution is 2.40. The summed E-state index contributed by atoms with van der Waals surface area (Å²) in [6.45, 7) is 0.656. The Morgan fingerprint density at radius 1 is 1.06 bits per heavy atom. The summed E-state index contributed by atoms with van der Waals surface area (Å²) in [6, 6.07) is 16.6. The Kier molecular flexibility index (Phi) is 4.66. The van der Waals surface area contributed by atoms with Crippen molar-refractivity contribution in [3.63, 3.8) is 0 Å².